The predicted octanol–water partition coefficient (Wildman–Crippen LogP) is 2.36. The van der Waals surface area contributed by atoms with E-state index in [2.05, 4.69) is 5.32 Å². The molecule has 168 valence electrons. The van der Waals surface area contributed by atoms with E-state index in [1.165, 1.54) is 4.31 Å². The van der Waals surface area contributed by atoms with E-state index in [0.717, 1.165) is 22.3 Å². The van der Waals surface area contributed by atoms with Gasteiger partial charge in [-0.2, -0.15) is 0 Å². The predicted molar refractivity (Wildman–Crippen MR) is 120 cm³/mol. The van der Waals surface area contributed by atoms with Gasteiger partial charge in [-0.25, -0.2) is 13.2 Å². The molecule has 0 unspecified atom stereocenters. The Kier molecular flexibility index (Phi) is 5.32. The Morgan fingerprint density at radius 3 is 2.47 bits per heavy atom. The number of sulfonamides is 1. The average molecular weight is 456 g/mol. The summed E-state index contributed by atoms with van der Waals surface area (Å²) in [6, 6.07) is 11.5. The molecule has 2 aliphatic heterocycles. The molecule has 0 bridgehead atoms. The van der Waals surface area contributed by atoms with Crippen LogP contribution in [0.1, 0.15) is 40.4 Å². The van der Waals surface area contributed by atoms with Crippen LogP contribution in [0.25, 0.3) is 0 Å². The summed E-state index contributed by atoms with van der Waals surface area (Å²) < 4.78 is 25.4. The van der Waals surface area contributed by atoms with Crippen LogP contribution in [0.3, 0.4) is 0 Å². The number of nitrogens with one attached hydrogen (secondary N) is 1. The van der Waals surface area contributed by atoms with Crippen LogP contribution in [0, 0.1) is 6.92 Å². The Balaban J connectivity index is 1.56. The molecule has 0 radical (unpaired) electrons. The number of rotatable bonds is 5. The summed E-state index contributed by atoms with van der Waals surface area (Å²) in [5.74, 6) is -0.873. The third-order valence-corrected chi connectivity index (χ3v) is 7.26. The standard InChI is InChI=1S/C23H25N3O5S/c1-15-6-9-18(10-7-15)23(2)21(28)25(22(29)24-23)14-20(27)17-8-11-19-16(13-17)5-4-12-26(19)32(3,30)31/h6-11,13H,4-5,12,14H2,1-3H3,(H,24,29)/t23-/m1/s1. The minimum Gasteiger partial charge on any atom is -0.319 e. The maximum absolute atomic E-state index is 13.1. The Hall–Kier alpha value is -3.20. The van der Waals surface area contributed by atoms with Crippen molar-refractivity contribution >= 4 is 33.4 Å². The van der Waals surface area contributed by atoms with Crippen LogP contribution in [0.2, 0.25) is 0 Å². The Labute approximate surface area is 187 Å². The van der Waals surface area contributed by atoms with Crippen molar-refractivity contribution in [1.29, 1.82) is 0 Å². The number of carbonyl (C=O) groups excluding carboxylic acids is 3. The van der Waals surface area contributed by atoms with Crippen molar-refractivity contribution in [2.75, 3.05) is 23.7 Å². The van der Waals surface area contributed by atoms with Gasteiger partial charge in [0, 0.05) is 12.1 Å². The third-order valence-electron chi connectivity index (χ3n) is 6.08. The maximum atomic E-state index is 13.1. The van der Waals surface area contributed by atoms with E-state index < -0.39 is 27.5 Å². The first-order chi connectivity index (χ1) is 15.0. The van der Waals surface area contributed by atoms with E-state index in [9.17, 15) is 22.8 Å². The molecule has 0 spiro atoms. The molecule has 1 fully saturated rings. The first kappa shape index (κ1) is 22.0. The number of Topliss-reactive ketones (excluding diaryl/α,β-unsaturated/α-hetero) is 1. The topological polar surface area (TPSA) is 104 Å². The van der Waals surface area contributed by atoms with E-state index in [-0.39, 0.29) is 12.3 Å². The largest absolute Gasteiger partial charge is 0.325 e. The van der Waals surface area contributed by atoms with Crippen LogP contribution in [0.15, 0.2) is 42.5 Å². The lowest BCUT2D eigenvalue weighted by Gasteiger charge is -2.29. The number of hydrogen-bond acceptors (Lipinski definition) is 5. The number of hydrogen-bond donors (Lipinski definition) is 1. The number of amides is 3. The zero-order chi connectivity index (χ0) is 23.3. The molecule has 4 rings (SSSR count). The molecule has 2 aliphatic rings. The highest BCUT2D eigenvalue weighted by Crippen LogP contribution is 2.31. The first-order valence-electron chi connectivity index (χ1n) is 10.4. The van der Waals surface area contributed by atoms with Gasteiger partial charge < -0.3 is 5.32 Å². The molecule has 32 heavy (non-hydrogen) atoms. The number of ketones is 1. The molecular weight excluding hydrogens is 430 g/mol. The number of fused-ring (bicyclic) bond motifs is 1. The number of nitrogens with zero attached hydrogens (tertiary/aromatic N) is 2. The van der Waals surface area contributed by atoms with Crippen molar-refractivity contribution in [3.05, 3.63) is 64.7 Å². The average Bonchev–Trinajstić information content (AvgIpc) is 2.96. The van der Waals surface area contributed by atoms with E-state index in [0.29, 0.717) is 36.2 Å². The van der Waals surface area contributed by atoms with Crippen molar-refractivity contribution in [2.24, 2.45) is 0 Å². The zero-order valence-electron chi connectivity index (χ0n) is 18.2. The minimum absolute atomic E-state index is 0.337. The fourth-order valence-electron chi connectivity index (χ4n) is 4.24. The number of carbonyl (C=O) groups is 3. The lowest BCUT2D eigenvalue weighted by Crippen LogP contribution is -2.41. The quantitative estimate of drug-likeness (QED) is 0.551. The first-order valence-corrected chi connectivity index (χ1v) is 12.2. The van der Waals surface area contributed by atoms with Gasteiger partial charge in [0.25, 0.3) is 5.91 Å². The van der Waals surface area contributed by atoms with Gasteiger partial charge in [0.15, 0.2) is 5.78 Å². The number of anilines is 1. The molecule has 1 atom stereocenters. The third kappa shape index (κ3) is 3.77. The number of aryl methyl sites for hydroxylation is 2. The summed E-state index contributed by atoms with van der Waals surface area (Å²) >= 11 is 0. The second-order valence-corrected chi connectivity index (χ2v) is 10.4. The Morgan fingerprint density at radius 2 is 1.81 bits per heavy atom. The molecule has 1 N–H and O–H groups in total. The van der Waals surface area contributed by atoms with E-state index in [1.807, 2.05) is 19.1 Å². The summed E-state index contributed by atoms with van der Waals surface area (Å²) in [6.07, 6.45) is 2.46. The highest BCUT2D eigenvalue weighted by Gasteiger charge is 2.49. The summed E-state index contributed by atoms with van der Waals surface area (Å²) in [5.41, 5.74) is 2.10. The van der Waals surface area contributed by atoms with Crippen LogP contribution in [0.5, 0.6) is 0 Å². The molecule has 0 aliphatic carbocycles. The van der Waals surface area contributed by atoms with Gasteiger partial charge in [-0.05, 0) is 56.0 Å². The molecule has 2 aromatic carbocycles. The second kappa shape index (κ2) is 7.74. The molecule has 3 amide bonds. The van der Waals surface area contributed by atoms with E-state index in [1.54, 1.807) is 37.3 Å². The summed E-state index contributed by atoms with van der Waals surface area (Å²) in [5, 5.41) is 2.71. The minimum atomic E-state index is -3.41. The summed E-state index contributed by atoms with van der Waals surface area (Å²) in [6.45, 7) is 3.57. The monoisotopic (exact) mass is 455 g/mol. The molecule has 8 nitrogen and oxygen atoms in total. The van der Waals surface area contributed by atoms with Crippen LogP contribution < -0.4 is 9.62 Å². The zero-order valence-corrected chi connectivity index (χ0v) is 19.0. The normalized spacial score (nSPS) is 20.8. The highest BCUT2D eigenvalue weighted by molar-refractivity contribution is 7.92. The maximum Gasteiger partial charge on any atom is 0.325 e. The van der Waals surface area contributed by atoms with Crippen molar-refractivity contribution in [3.63, 3.8) is 0 Å². The van der Waals surface area contributed by atoms with Gasteiger partial charge in [0.2, 0.25) is 10.0 Å². The van der Waals surface area contributed by atoms with Crippen molar-refractivity contribution < 1.29 is 22.8 Å². The molecule has 2 aromatic rings. The van der Waals surface area contributed by atoms with Gasteiger partial charge >= 0.3 is 6.03 Å². The molecule has 1 saturated heterocycles. The number of benzene rings is 2. The van der Waals surface area contributed by atoms with Gasteiger partial charge in [0.05, 0.1) is 18.5 Å². The van der Waals surface area contributed by atoms with Crippen molar-refractivity contribution in [2.45, 2.75) is 32.2 Å². The van der Waals surface area contributed by atoms with Crippen LogP contribution in [-0.4, -0.2) is 50.4 Å². The van der Waals surface area contributed by atoms with Gasteiger partial charge in [0.1, 0.15) is 5.54 Å². The van der Waals surface area contributed by atoms with Crippen LogP contribution in [-0.2, 0) is 26.8 Å². The fourth-order valence-corrected chi connectivity index (χ4v) is 5.23. The molecule has 2 heterocycles. The smallest absolute Gasteiger partial charge is 0.319 e. The van der Waals surface area contributed by atoms with Gasteiger partial charge in [-0.1, -0.05) is 29.8 Å². The number of urea groups is 1. The SMILES string of the molecule is Cc1ccc([C@@]2(C)NC(=O)N(CC(=O)c3ccc4c(c3)CCCN4S(C)(=O)=O)C2=O)cc1. The summed E-state index contributed by atoms with van der Waals surface area (Å²) in [7, 11) is -3.41. The fraction of sp³-hybridized carbons (Fsp3) is 0.348. The Bertz CT molecular complexity index is 1220. The van der Waals surface area contributed by atoms with E-state index >= 15 is 0 Å². The van der Waals surface area contributed by atoms with Crippen molar-refractivity contribution in [1.82, 2.24) is 10.2 Å². The lowest BCUT2D eigenvalue weighted by atomic mass is 9.91. The van der Waals surface area contributed by atoms with Gasteiger partial charge in [-0.15, -0.1) is 0 Å². The molecule has 0 saturated carbocycles. The number of imide groups is 1. The van der Waals surface area contributed by atoms with E-state index in [4.69, 9.17) is 0 Å². The summed E-state index contributed by atoms with van der Waals surface area (Å²) in [4.78, 5) is 39.5. The highest BCUT2D eigenvalue weighted by atomic mass is 32.2. The Morgan fingerprint density at radius 1 is 1.12 bits per heavy atom. The van der Waals surface area contributed by atoms with Crippen LogP contribution >= 0.6 is 0 Å². The van der Waals surface area contributed by atoms with Crippen LogP contribution in [0.4, 0.5) is 10.5 Å². The van der Waals surface area contributed by atoms with Gasteiger partial charge in [-0.3, -0.25) is 18.8 Å². The molecular formula is C23H25N3O5S. The molecule has 0 aromatic heterocycles. The molecule has 9 heteroatoms. The van der Waals surface area contributed by atoms with Crippen molar-refractivity contribution in [3.8, 4) is 0 Å². The lowest BCUT2D eigenvalue weighted by molar-refractivity contribution is -0.130. The second-order valence-electron chi connectivity index (χ2n) is 8.52.